The Morgan fingerprint density at radius 2 is 1.88 bits per heavy atom. The number of nitrogens with one attached hydrogen (secondary N) is 2. The van der Waals surface area contributed by atoms with Crippen molar-refractivity contribution in [1.82, 2.24) is 10.0 Å². The number of unbranched alkanes of at least 4 members (excludes halogenated alkanes) is 1. The van der Waals surface area contributed by atoms with E-state index in [4.69, 9.17) is 0 Å². The Labute approximate surface area is 106 Å². The molecule has 4 nitrogen and oxygen atoms in total. The molecule has 0 unspecified atom stereocenters. The van der Waals surface area contributed by atoms with E-state index < -0.39 is 10.0 Å². The summed E-state index contributed by atoms with van der Waals surface area (Å²) in [4.78, 5) is 0. The second-order valence-electron chi connectivity index (χ2n) is 4.88. The highest BCUT2D eigenvalue weighted by Gasteiger charge is 2.17. The Kier molecular flexibility index (Phi) is 7.08. The van der Waals surface area contributed by atoms with Crippen LogP contribution in [0, 0.1) is 5.92 Å². The third kappa shape index (κ3) is 7.01. The fourth-order valence-corrected chi connectivity index (χ4v) is 3.47. The van der Waals surface area contributed by atoms with Gasteiger partial charge in [0.25, 0.3) is 0 Å². The summed E-state index contributed by atoms with van der Waals surface area (Å²) in [7, 11) is -3.03. The standard InChI is InChI=1S/C12H26N2O2S/c1-2-13-9-5-6-10-17(15,16)14-11-12-7-3-4-8-12/h12-14H,2-11H2,1H3. The highest BCUT2D eigenvalue weighted by molar-refractivity contribution is 7.89. The molecular formula is C12H26N2O2S. The summed E-state index contributed by atoms with van der Waals surface area (Å²) in [5, 5.41) is 3.20. The summed E-state index contributed by atoms with van der Waals surface area (Å²) >= 11 is 0. The monoisotopic (exact) mass is 262 g/mol. The minimum absolute atomic E-state index is 0.269. The van der Waals surface area contributed by atoms with Crippen LogP contribution >= 0.6 is 0 Å². The molecule has 0 aromatic rings. The largest absolute Gasteiger partial charge is 0.317 e. The lowest BCUT2D eigenvalue weighted by Gasteiger charge is -2.11. The Hall–Kier alpha value is -0.130. The SMILES string of the molecule is CCNCCCCS(=O)(=O)NCC1CCCC1. The molecule has 0 amide bonds. The molecule has 17 heavy (non-hydrogen) atoms. The maximum atomic E-state index is 11.7. The first-order valence-electron chi connectivity index (χ1n) is 6.82. The van der Waals surface area contributed by atoms with Gasteiger partial charge in [0.1, 0.15) is 0 Å². The van der Waals surface area contributed by atoms with Gasteiger partial charge in [0.05, 0.1) is 5.75 Å². The van der Waals surface area contributed by atoms with Crippen molar-refractivity contribution in [3.63, 3.8) is 0 Å². The van der Waals surface area contributed by atoms with Crippen LogP contribution in [0.4, 0.5) is 0 Å². The number of sulfonamides is 1. The van der Waals surface area contributed by atoms with Crippen molar-refractivity contribution in [3.8, 4) is 0 Å². The van der Waals surface area contributed by atoms with E-state index in [1.165, 1.54) is 25.7 Å². The van der Waals surface area contributed by atoms with Gasteiger partial charge < -0.3 is 5.32 Å². The summed E-state index contributed by atoms with van der Waals surface area (Å²) in [6, 6.07) is 0. The maximum Gasteiger partial charge on any atom is 0.211 e. The fraction of sp³-hybridized carbons (Fsp3) is 1.00. The van der Waals surface area contributed by atoms with Gasteiger partial charge in [-0.2, -0.15) is 0 Å². The smallest absolute Gasteiger partial charge is 0.211 e. The van der Waals surface area contributed by atoms with Crippen LogP contribution in [0.3, 0.4) is 0 Å². The molecule has 0 saturated heterocycles. The van der Waals surface area contributed by atoms with Gasteiger partial charge in [-0.25, -0.2) is 13.1 Å². The molecule has 2 N–H and O–H groups in total. The van der Waals surface area contributed by atoms with Crippen molar-refractivity contribution in [2.24, 2.45) is 5.92 Å². The number of rotatable bonds is 9. The van der Waals surface area contributed by atoms with E-state index in [1.807, 2.05) is 0 Å². The molecule has 0 spiro atoms. The summed E-state index contributed by atoms with van der Waals surface area (Å²) in [5.74, 6) is 0.844. The molecule has 0 aromatic carbocycles. The first-order valence-corrected chi connectivity index (χ1v) is 8.47. The predicted octanol–water partition coefficient (Wildman–Crippen LogP) is 1.49. The minimum Gasteiger partial charge on any atom is -0.317 e. The average molecular weight is 262 g/mol. The van der Waals surface area contributed by atoms with E-state index in [1.54, 1.807) is 0 Å². The van der Waals surface area contributed by atoms with Gasteiger partial charge in [-0.15, -0.1) is 0 Å². The Balaban J connectivity index is 2.08. The Morgan fingerprint density at radius 1 is 1.18 bits per heavy atom. The van der Waals surface area contributed by atoms with Crippen molar-refractivity contribution < 1.29 is 8.42 Å². The van der Waals surface area contributed by atoms with Gasteiger partial charge in [0, 0.05) is 6.54 Å². The summed E-state index contributed by atoms with van der Waals surface area (Å²) in [5.41, 5.74) is 0. The normalized spacial score (nSPS) is 17.7. The van der Waals surface area contributed by atoms with E-state index in [0.29, 0.717) is 12.5 Å². The van der Waals surface area contributed by atoms with Crippen LogP contribution in [0.1, 0.15) is 45.4 Å². The molecule has 1 saturated carbocycles. The van der Waals surface area contributed by atoms with Crippen molar-refractivity contribution in [2.75, 3.05) is 25.4 Å². The second-order valence-corrected chi connectivity index (χ2v) is 6.80. The van der Waals surface area contributed by atoms with Gasteiger partial charge >= 0.3 is 0 Å². The Morgan fingerprint density at radius 3 is 2.53 bits per heavy atom. The zero-order chi connectivity index (χ0) is 12.6. The predicted molar refractivity (Wildman–Crippen MR) is 71.5 cm³/mol. The summed E-state index contributed by atoms with van der Waals surface area (Å²) < 4.78 is 26.1. The molecule has 0 aliphatic heterocycles. The van der Waals surface area contributed by atoms with Crippen LogP contribution in [0.15, 0.2) is 0 Å². The lowest BCUT2D eigenvalue weighted by atomic mass is 10.1. The number of hydrogen-bond donors (Lipinski definition) is 2. The molecule has 0 heterocycles. The molecule has 1 fully saturated rings. The first kappa shape index (κ1) is 14.9. The fourth-order valence-electron chi connectivity index (χ4n) is 2.25. The third-order valence-electron chi connectivity index (χ3n) is 3.33. The highest BCUT2D eigenvalue weighted by Crippen LogP contribution is 2.23. The molecule has 0 atom stereocenters. The van der Waals surface area contributed by atoms with E-state index in [-0.39, 0.29) is 5.75 Å². The van der Waals surface area contributed by atoms with Crippen molar-refractivity contribution in [2.45, 2.75) is 45.4 Å². The summed E-state index contributed by atoms with van der Waals surface area (Å²) in [6.07, 6.45) is 6.56. The van der Waals surface area contributed by atoms with Crippen molar-refractivity contribution in [3.05, 3.63) is 0 Å². The van der Waals surface area contributed by atoms with Crippen molar-refractivity contribution >= 4 is 10.0 Å². The lowest BCUT2D eigenvalue weighted by Crippen LogP contribution is -2.30. The van der Waals surface area contributed by atoms with Gasteiger partial charge in [-0.1, -0.05) is 19.8 Å². The molecular weight excluding hydrogens is 236 g/mol. The molecule has 0 radical (unpaired) electrons. The van der Waals surface area contributed by atoms with E-state index in [9.17, 15) is 8.42 Å². The van der Waals surface area contributed by atoms with E-state index in [2.05, 4.69) is 17.0 Å². The minimum atomic E-state index is -3.03. The van der Waals surface area contributed by atoms with Gasteiger partial charge in [0.2, 0.25) is 10.0 Å². The molecule has 1 aliphatic carbocycles. The summed E-state index contributed by atoms with van der Waals surface area (Å²) in [6.45, 7) is 4.57. The lowest BCUT2D eigenvalue weighted by molar-refractivity contribution is 0.518. The van der Waals surface area contributed by atoms with Crippen LogP contribution in [0.2, 0.25) is 0 Å². The molecule has 1 rings (SSSR count). The van der Waals surface area contributed by atoms with Crippen LogP contribution in [-0.2, 0) is 10.0 Å². The van der Waals surface area contributed by atoms with Gasteiger partial charge in [0.15, 0.2) is 0 Å². The van der Waals surface area contributed by atoms with Crippen molar-refractivity contribution in [1.29, 1.82) is 0 Å². The van der Waals surface area contributed by atoms with Gasteiger partial charge in [-0.05, 0) is 44.7 Å². The Bertz CT molecular complexity index is 285. The van der Waals surface area contributed by atoms with E-state index in [0.717, 1.165) is 25.9 Å². The second kappa shape index (κ2) is 8.06. The maximum absolute atomic E-state index is 11.7. The average Bonchev–Trinajstić information content (AvgIpc) is 2.79. The molecule has 5 heteroatoms. The molecule has 102 valence electrons. The zero-order valence-corrected chi connectivity index (χ0v) is 11.7. The van der Waals surface area contributed by atoms with Crippen LogP contribution in [-0.4, -0.2) is 33.8 Å². The quantitative estimate of drug-likeness (QED) is 0.619. The van der Waals surface area contributed by atoms with Crippen LogP contribution < -0.4 is 10.0 Å². The zero-order valence-electron chi connectivity index (χ0n) is 10.9. The molecule has 1 aliphatic rings. The van der Waals surface area contributed by atoms with Gasteiger partial charge in [-0.3, -0.25) is 0 Å². The first-order chi connectivity index (χ1) is 8.14. The van der Waals surface area contributed by atoms with Crippen LogP contribution in [0.5, 0.6) is 0 Å². The highest BCUT2D eigenvalue weighted by atomic mass is 32.2. The van der Waals surface area contributed by atoms with E-state index >= 15 is 0 Å². The molecule has 0 aromatic heterocycles. The molecule has 0 bridgehead atoms. The number of hydrogen-bond acceptors (Lipinski definition) is 3. The third-order valence-corrected chi connectivity index (χ3v) is 4.77. The topological polar surface area (TPSA) is 58.2 Å². The van der Waals surface area contributed by atoms with Crippen LogP contribution in [0.25, 0.3) is 0 Å².